The van der Waals surface area contributed by atoms with Crippen molar-refractivity contribution in [2.45, 2.75) is 13.3 Å². The number of hydrazone groups is 1. The first-order valence-corrected chi connectivity index (χ1v) is 7.96. The van der Waals surface area contributed by atoms with Crippen LogP contribution in [-0.2, 0) is 11.2 Å². The highest BCUT2D eigenvalue weighted by atomic mass is 79.9. The molecular weight excluding hydrogens is 396 g/mol. The predicted octanol–water partition coefficient (Wildman–Crippen LogP) is 4.21. The molecule has 0 aliphatic rings. The highest BCUT2D eigenvalue weighted by Crippen LogP contribution is 2.25. The zero-order valence-electron chi connectivity index (χ0n) is 11.4. The van der Waals surface area contributed by atoms with Gasteiger partial charge in [0.2, 0.25) is 5.91 Å². The number of rotatable bonds is 4. The van der Waals surface area contributed by atoms with Gasteiger partial charge in [-0.25, -0.2) is 5.43 Å². The van der Waals surface area contributed by atoms with E-state index in [-0.39, 0.29) is 5.91 Å². The largest absolute Gasteiger partial charge is 0.273 e. The summed E-state index contributed by atoms with van der Waals surface area (Å²) in [5.74, 6) is -0.136. The van der Waals surface area contributed by atoms with Gasteiger partial charge in [-0.15, -0.1) is 0 Å². The Morgan fingerprint density at radius 3 is 2.43 bits per heavy atom. The van der Waals surface area contributed by atoms with Crippen LogP contribution in [0.25, 0.3) is 0 Å². The lowest BCUT2D eigenvalue weighted by molar-refractivity contribution is -0.120. The molecule has 0 aromatic heterocycles. The standard InChI is InChI=1S/C16H14Br2N2O/c1-11-14(17)7-13(8-15(11)18)10-19-20-16(21)9-12-5-3-2-4-6-12/h2-8,10H,9H2,1H3,(H,20,21)/b19-10-. The van der Waals surface area contributed by atoms with Gasteiger partial charge in [0.25, 0.3) is 0 Å². The van der Waals surface area contributed by atoms with Gasteiger partial charge in [-0.1, -0.05) is 62.2 Å². The van der Waals surface area contributed by atoms with E-state index in [1.54, 1.807) is 6.21 Å². The molecule has 1 amide bonds. The number of nitrogens with one attached hydrogen (secondary N) is 1. The van der Waals surface area contributed by atoms with Crippen molar-refractivity contribution in [1.29, 1.82) is 0 Å². The second-order valence-corrected chi connectivity index (χ2v) is 6.27. The number of halogens is 2. The van der Waals surface area contributed by atoms with Crippen molar-refractivity contribution in [3.63, 3.8) is 0 Å². The molecule has 2 aromatic carbocycles. The third kappa shape index (κ3) is 4.79. The van der Waals surface area contributed by atoms with Gasteiger partial charge in [0.15, 0.2) is 0 Å². The molecule has 108 valence electrons. The van der Waals surface area contributed by atoms with Crippen molar-refractivity contribution >= 4 is 44.0 Å². The lowest BCUT2D eigenvalue weighted by atomic mass is 10.1. The number of carbonyl (C=O) groups excluding carboxylic acids is 1. The number of benzene rings is 2. The van der Waals surface area contributed by atoms with Gasteiger partial charge in [-0.2, -0.15) is 5.10 Å². The third-order valence-corrected chi connectivity index (χ3v) is 4.56. The molecule has 2 aromatic rings. The zero-order valence-corrected chi connectivity index (χ0v) is 14.6. The summed E-state index contributed by atoms with van der Waals surface area (Å²) in [5.41, 5.74) is 5.52. The van der Waals surface area contributed by atoms with Gasteiger partial charge in [-0.05, 0) is 35.7 Å². The molecule has 0 aliphatic heterocycles. The number of nitrogens with zero attached hydrogens (tertiary/aromatic N) is 1. The highest BCUT2D eigenvalue weighted by molar-refractivity contribution is 9.11. The molecule has 0 heterocycles. The van der Waals surface area contributed by atoms with Crippen LogP contribution in [-0.4, -0.2) is 12.1 Å². The molecule has 0 saturated heterocycles. The molecule has 0 unspecified atom stereocenters. The van der Waals surface area contributed by atoms with E-state index in [9.17, 15) is 4.79 Å². The van der Waals surface area contributed by atoms with Crippen molar-refractivity contribution in [2.24, 2.45) is 5.10 Å². The summed E-state index contributed by atoms with van der Waals surface area (Å²) in [6, 6.07) is 13.5. The van der Waals surface area contributed by atoms with Crippen LogP contribution >= 0.6 is 31.9 Å². The Hall–Kier alpha value is -1.46. The predicted molar refractivity (Wildman–Crippen MR) is 92.5 cm³/mol. The third-order valence-electron chi connectivity index (χ3n) is 2.91. The zero-order chi connectivity index (χ0) is 15.2. The van der Waals surface area contributed by atoms with Crippen molar-refractivity contribution < 1.29 is 4.79 Å². The average molecular weight is 410 g/mol. The van der Waals surface area contributed by atoms with Crippen LogP contribution in [0.4, 0.5) is 0 Å². The maximum absolute atomic E-state index is 11.7. The first-order valence-electron chi connectivity index (χ1n) is 6.38. The summed E-state index contributed by atoms with van der Waals surface area (Å²) >= 11 is 6.97. The van der Waals surface area contributed by atoms with E-state index in [1.807, 2.05) is 49.4 Å². The number of amides is 1. The van der Waals surface area contributed by atoms with Crippen LogP contribution in [0, 0.1) is 6.92 Å². The molecule has 3 nitrogen and oxygen atoms in total. The minimum Gasteiger partial charge on any atom is -0.273 e. The van der Waals surface area contributed by atoms with Crippen molar-refractivity contribution in [1.82, 2.24) is 5.43 Å². The fraction of sp³-hybridized carbons (Fsp3) is 0.125. The summed E-state index contributed by atoms with van der Waals surface area (Å²) in [5, 5.41) is 3.98. The van der Waals surface area contributed by atoms with E-state index in [0.717, 1.165) is 25.6 Å². The van der Waals surface area contributed by atoms with Gasteiger partial charge in [0.05, 0.1) is 12.6 Å². The molecular formula is C16H14Br2N2O. The van der Waals surface area contributed by atoms with E-state index in [2.05, 4.69) is 42.4 Å². The Kier molecular flexibility index (Phi) is 5.70. The molecule has 0 spiro atoms. The highest BCUT2D eigenvalue weighted by Gasteiger charge is 2.03. The summed E-state index contributed by atoms with van der Waals surface area (Å²) in [6.07, 6.45) is 1.94. The van der Waals surface area contributed by atoms with Gasteiger partial charge in [0, 0.05) is 8.95 Å². The Morgan fingerprint density at radius 2 is 1.81 bits per heavy atom. The van der Waals surface area contributed by atoms with Crippen molar-refractivity contribution in [2.75, 3.05) is 0 Å². The molecule has 0 bridgehead atoms. The number of hydrogen-bond donors (Lipinski definition) is 1. The van der Waals surface area contributed by atoms with Crippen LogP contribution < -0.4 is 5.43 Å². The second kappa shape index (κ2) is 7.52. The topological polar surface area (TPSA) is 41.5 Å². The molecule has 5 heteroatoms. The molecule has 0 aliphatic carbocycles. The molecule has 0 radical (unpaired) electrons. The Balaban J connectivity index is 1.95. The molecule has 1 N–H and O–H groups in total. The van der Waals surface area contributed by atoms with E-state index < -0.39 is 0 Å². The summed E-state index contributed by atoms with van der Waals surface area (Å²) in [7, 11) is 0. The first-order chi connectivity index (χ1) is 10.1. The smallest absolute Gasteiger partial charge is 0.244 e. The molecule has 0 saturated carbocycles. The van der Waals surface area contributed by atoms with Crippen molar-refractivity contribution in [3.8, 4) is 0 Å². The van der Waals surface area contributed by atoms with Crippen LogP contribution in [0.1, 0.15) is 16.7 Å². The Bertz CT molecular complexity index is 646. The Labute approximate surface area is 140 Å². The van der Waals surface area contributed by atoms with Gasteiger partial charge >= 0.3 is 0 Å². The number of hydrogen-bond acceptors (Lipinski definition) is 2. The van der Waals surface area contributed by atoms with E-state index >= 15 is 0 Å². The molecule has 0 fully saturated rings. The fourth-order valence-corrected chi connectivity index (χ4v) is 2.96. The van der Waals surface area contributed by atoms with Crippen molar-refractivity contribution in [3.05, 3.63) is 68.1 Å². The van der Waals surface area contributed by atoms with Crippen LogP contribution in [0.2, 0.25) is 0 Å². The maximum Gasteiger partial charge on any atom is 0.244 e. The lowest BCUT2D eigenvalue weighted by Gasteiger charge is -2.03. The normalized spacial score (nSPS) is 10.8. The molecule has 2 rings (SSSR count). The van der Waals surface area contributed by atoms with Gasteiger partial charge in [-0.3, -0.25) is 4.79 Å². The number of carbonyl (C=O) groups is 1. The summed E-state index contributed by atoms with van der Waals surface area (Å²) in [4.78, 5) is 11.7. The van der Waals surface area contributed by atoms with Crippen LogP contribution in [0.5, 0.6) is 0 Å². The SMILES string of the molecule is Cc1c(Br)cc(/C=N\NC(=O)Cc2ccccc2)cc1Br. The van der Waals surface area contributed by atoms with Gasteiger partial charge in [0.1, 0.15) is 0 Å². The minimum absolute atomic E-state index is 0.136. The Morgan fingerprint density at radius 1 is 1.19 bits per heavy atom. The second-order valence-electron chi connectivity index (χ2n) is 4.57. The fourth-order valence-electron chi connectivity index (χ4n) is 1.74. The van der Waals surface area contributed by atoms with Gasteiger partial charge < -0.3 is 0 Å². The minimum atomic E-state index is -0.136. The average Bonchev–Trinajstić information content (AvgIpc) is 2.45. The maximum atomic E-state index is 11.7. The lowest BCUT2D eigenvalue weighted by Crippen LogP contribution is -2.19. The summed E-state index contributed by atoms with van der Waals surface area (Å²) in [6.45, 7) is 2.01. The summed E-state index contributed by atoms with van der Waals surface area (Å²) < 4.78 is 1.99. The van der Waals surface area contributed by atoms with E-state index in [0.29, 0.717) is 6.42 Å². The molecule has 0 atom stereocenters. The first kappa shape index (κ1) is 15.9. The van der Waals surface area contributed by atoms with Crippen LogP contribution in [0.3, 0.4) is 0 Å². The quantitative estimate of drug-likeness (QED) is 0.596. The van der Waals surface area contributed by atoms with E-state index in [1.165, 1.54) is 0 Å². The van der Waals surface area contributed by atoms with Crippen LogP contribution in [0.15, 0.2) is 56.5 Å². The van der Waals surface area contributed by atoms with E-state index in [4.69, 9.17) is 0 Å². The monoisotopic (exact) mass is 408 g/mol. The molecule has 21 heavy (non-hydrogen) atoms.